The molecule has 0 bridgehead atoms. The van der Waals surface area contributed by atoms with E-state index in [1.807, 2.05) is 11.6 Å². The molecule has 13 nitrogen and oxygen atoms in total. The van der Waals surface area contributed by atoms with Gasteiger partial charge in [-0.2, -0.15) is 22.9 Å². The van der Waals surface area contributed by atoms with Gasteiger partial charge in [0.15, 0.2) is 5.69 Å². The van der Waals surface area contributed by atoms with Crippen LogP contribution in [0.15, 0.2) is 94.5 Å². The highest BCUT2D eigenvalue weighted by atomic mass is 32.2. The van der Waals surface area contributed by atoms with Crippen molar-refractivity contribution < 1.29 is 45.4 Å². The third-order valence-electron chi connectivity index (χ3n) is 7.07. The molecule has 0 spiro atoms. The Labute approximate surface area is 259 Å². The standard InChI is InChI=1S/C29H25F3N6O7S/c1-19-7-9-20(10-8-19)25-15-26(29(30,31)32)33-36(25)23-11-13-24(14-12-23)46(41,42)34-27(39)22-16-35(17-22)37-38(45-37)44-18-43-28(40)21-5-3-2-4-6-21/h2-15,22H,16-18H2,1H3,(H,34,39). The van der Waals surface area contributed by atoms with Crippen molar-refractivity contribution in [3.8, 4) is 16.9 Å². The Morgan fingerprint density at radius 1 is 1.00 bits per heavy atom. The van der Waals surface area contributed by atoms with Crippen molar-refractivity contribution in [2.45, 2.75) is 18.0 Å². The summed E-state index contributed by atoms with van der Waals surface area (Å²) in [6.07, 6.45) is -4.69. The van der Waals surface area contributed by atoms with Crippen LogP contribution in [0, 0.1) is 12.8 Å². The van der Waals surface area contributed by atoms with Crippen LogP contribution in [0.5, 0.6) is 0 Å². The van der Waals surface area contributed by atoms with Crippen molar-refractivity contribution in [1.29, 1.82) is 0 Å². The molecular weight excluding hydrogens is 633 g/mol. The van der Waals surface area contributed by atoms with E-state index in [2.05, 4.69) is 5.10 Å². The SMILES string of the molecule is Cc1ccc(-c2cc(C(F)(F)F)nn2-c2ccc(S(=O)(=O)NC(=O)C3CN(n4on4OCOC(=O)c4ccccc4)C3)cc2)cc1. The van der Waals surface area contributed by atoms with Crippen molar-refractivity contribution in [3.63, 3.8) is 0 Å². The number of amides is 1. The molecule has 240 valence electrons. The number of esters is 1. The Morgan fingerprint density at radius 2 is 1.67 bits per heavy atom. The zero-order chi connectivity index (χ0) is 32.6. The minimum atomic E-state index is -4.69. The zero-order valence-electron chi connectivity index (χ0n) is 23.9. The minimum Gasteiger partial charge on any atom is -0.422 e. The Morgan fingerprint density at radius 3 is 2.33 bits per heavy atom. The van der Waals surface area contributed by atoms with Gasteiger partial charge in [0.25, 0.3) is 16.8 Å². The quantitative estimate of drug-likeness (QED) is 0.177. The molecule has 3 heterocycles. The van der Waals surface area contributed by atoms with Gasteiger partial charge in [-0.05, 0) is 49.4 Å². The summed E-state index contributed by atoms with van der Waals surface area (Å²) in [6.45, 7) is 1.62. The molecule has 46 heavy (non-hydrogen) atoms. The van der Waals surface area contributed by atoms with Crippen molar-refractivity contribution >= 4 is 21.9 Å². The second-order valence-corrected chi connectivity index (χ2v) is 12.0. The lowest BCUT2D eigenvalue weighted by Crippen LogP contribution is -2.58. The lowest BCUT2D eigenvalue weighted by atomic mass is 10.0. The monoisotopic (exact) mass is 658 g/mol. The van der Waals surface area contributed by atoms with Gasteiger partial charge in [0, 0.05) is 10.5 Å². The summed E-state index contributed by atoms with van der Waals surface area (Å²) < 4.78 is 79.5. The Kier molecular flexibility index (Phi) is 7.85. The summed E-state index contributed by atoms with van der Waals surface area (Å²) in [6, 6.07) is 21.0. The van der Waals surface area contributed by atoms with E-state index in [4.69, 9.17) is 14.2 Å². The molecule has 0 aliphatic carbocycles. The summed E-state index contributed by atoms with van der Waals surface area (Å²) in [5.41, 5.74) is 1.01. The van der Waals surface area contributed by atoms with Crippen LogP contribution in [0.3, 0.4) is 0 Å². The highest BCUT2D eigenvalue weighted by Gasteiger charge is 2.40. The minimum absolute atomic E-state index is 0.104. The van der Waals surface area contributed by atoms with Crippen LogP contribution in [0.2, 0.25) is 0 Å². The number of sulfonamides is 1. The van der Waals surface area contributed by atoms with Crippen LogP contribution >= 0.6 is 0 Å². The summed E-state index contributed by atoms with van der Waals surface area (Å²) in [5, 5.41) is 6.18. The predicted molar refractivity (Wildman–Crippen MR) is 154 cm³/mol. The predicted octanol–water partition coefficient (Wildman–Crippen LogP) is 3.38. The van der Waals surface area contributed by atoms with E-state index in [-0.39, 0.29) is 29.4 Å². The molecule has 0 atom stereocenters. The molecule has 1 aliphatic rings. The molecule has 3 aromatic carbocycles. The molecule has 2 aromatic heterocycles. The van der Waals surface area contributed by atoms with E-state index in [9.17, 15) is 31.2 Å². The summed E-state index contributed by atoms with van der Waals surface area (Å²) in [5.74, 6) is -2.04. The number of hydrogen-bond donors (Lipinski definition) is 1. The topological polar surface area (TPSA) is 143 Å². The van der Waals surface area contributed by atoms with E-state index < -0.39 is 46.5 Å². The van der Waals surface area contributed by atoms with Crippen LogP contribution in [0.4, 0.5) is 13.2 Å². The number of nitrogens with zero attached hydrogens (tertiary/aromatic N) is 5. The van der Waals surface area contributed by atoms with Gasteiger partial charge in [0.1, 0.15) is 5.02 Å². The molecule has 1 amide bonds. The number of ether oxygens (including phenoxy) is 1. The molecule has 0 radical (unpaired) electrons. The van der Waals surface area contributed by atoms with Gasteiger partial charge in [-0.1, -0.05) is 48.0 Å². The van der Waals surface area contributed by atoms with Gasteiger partial charge in [-0.3, -0.25) is 9.80 Å². The average molecular weight is 659 g/mol. The first kappa shape index (κ1) is 30.6. The van der Waals surface area contributed by atoms with E-state index in [1.165, 1.54) is 29.3 Å². The largest absolute Gasteiger partial charge is 0.435 e. The van der Waals surface area contributed by atoms with Crippen LogP contribution in [-0.4, -0.2) is 59.9 Å². The van der Waals surface area contributed by atoms with Gasteiger partial charge in [-0.25, -0.2) is 22.6 Å². The summed E-state index contributed by atoms with van der Waals surface area (Å²) in [4.78, 5) is 30.7. The number of alkyl halides is 3. The van der Waals surface area contributed by atoms with Gasteiger partial charge in [-0.15, -0.1) is 0 Å². The van der Waals surface area contributed by atoms with E-state index in [0.29, 0.717) is 11.1 Å². The number of aryl methyl sites for hydroxylation is 1. The molecule has 0 unspecified atom stereocenters. The molecule has 0 saturated carbocycles. The first-order chi connectivity index (χ1) is 21.9. The first-order valence-electron chi connectivity index (χ1n) is 13.7. The van der Waals surface area contributed by atoms with Gasteiger partial charge < -0.3 is 9.57 Å². The Bertz CT molecular complexity index is 1950. The molecule has 1 saturated heterocycles. The van der Waals surface area contributed by atoms with E-state index in [0.717, 1.165) is 26.3 Å². The van der Waals surface area contributed by atoms with Crippen molar-refractivity contribution in [2.75, 3.05) is 24.9 Å². The maximum atomic E-state index is 13.5. The average Bonchev–Trinajstić information content (AvgIpc) is 3.59. The number of aromatic nitrogens is 4. The van der Waals surface area contributed by atoms with E-state index >= 15 is 0 Å². The van der Waals surface area contributed by atoms with Crippen LogP contribution in [0.25, 0.3) is 16.9 Å². The molecule has 6 rings (SSSR count). The fourth-order valence-electron chi connectivity index (χ4n) is 4.50. The maximum Gasteiger partial charge on any atom is 0.435 e. The third kappa shape index (κ3) is 6.49. The molecule has 1 N–H and O–H groups in total. The number of carbonyl (C=O) groups is 2. The fourth-order valence-corrected chi connectivity index (χ4v) is 5.55. The number of carbonyl (C=O) groups excluding carboxylic acids is 2. The van der Waals surface area contributed by atoms with Crippen molar-refractivity contribution in [2.24, 2.45) is 5.92 Å². The lowest BCUT2D eigenvalue weighted by molar-refractivity contribution is -0.141. The lowest BCUT2D eigenvalue weighted by Gasteiger charge is -2.34. The van der Waals surface area contributed by atoms with Gasteiger partial charge in [0.2, 0.25) is 5.91 Å². The normalized spacial score (nSPS) is 13.8. The third-order valence-corrected chi connectivity index (χ3v) is 8.43. The van der Waals surface area contributed by atoms with Crippen LogP contribution < -0.4 is 14.6 Å². The molecular formula is C29H25F3N6O7S. The molecule has 1 fully saturated rings. The number of hydrogen-bond acceptors (Lipinski definition) is 9. The molecule has 1 aliphatic heterocycles. The second kappa shape index (κ2) is 11.8. The Balaban J connectivity index is 1.04. The van der Waals surface area contributed by atoms with Crippen molar-refractivity contribution in [3.05, 3.63) is 102 Å². The highest BCUT2D eigenvalue weighted by Crippen LogP contribution is 2.33. The number of rotatable bonds is 10. The van der Waals surface area contributed by atoms with Gasteiger partial charge >= 0.3 is 12.1 Å². The first-order valence-corrected chi connectivity index (χ1v) is 15.2. The zero-order valence-corrected chi connectivity index (χ0v) is 24.7. The molecule has 17 heteroatoms. The van der Waals surface area contributed by atoms with E-state index in [1.54, 1.807) is 54.6 Å². The summed E-state index contributed by atoms with van der Waals surface area (Å²) in [7, 11) is -4.30. The highest BCUT2D eigenvalue weighted by molar-refractivity contribution is 7.90. The maximum absolute atomic E-state index is 13.5. The summed E-state index contributed by atoms with van der Waals surface area (Å²) >= 11 is 0. The second-order valence-electron chi connectivity index (χ2n) is 10.3. The Hall–Kier alpha value is -5.45. The van der Waals surface area contributed by atoms with Crippen LogP contribution in [0.1, 0.15) is 21.6 Å². The van der Waals surface area contributed by atoms with Crippen molar-refractivity contribution in [1.82, 2.24) is 24.5 Å². The number of halogens is 3. The number of benzene rings is 3. The van der Waals surface area contributed by atoms with Crippen LogP contribution in [-0.2, 0) is 25.7 Å². The molecule has 5 aromatic rings. The smallest absolute Gasteiger partial charge is 0.422 e. The fraction of sp³-hybridized carbons (Fsp3) is 0.207. The van der Waals surface area contributed by atoms with Gasteiger partial charge in [0.05, 0.1) is 40.8 Å². The number of nitrogens with one attached hydrogen (secondary N) is 1.